The van der Waals surface area contributed by atoms with Gasteiger partial charge in [0.05, 0.1) is 11.8 Å². The summed E-state index contributed by atoms with van der Waals surface area (Å²) in [6.07, 6.45) is -9.94. The van der Waals surface area contributed by atoms with Gasteiger partial charge >= 0.3 is 31.8 Å². The SMILES string of the molecule is N=C([O-])C(F)(F)F.N=C([O-])C(F)(F)F.[Rh+2]. The Morgan fingerprint density at radius 1 is 0.733 bits per heavy atom. The number of nitrogens with one attached hydrogen (secondary N) is 2. The summed E-state index contributed by atoms with van der Waals surface area (Å²) >= 11 is 0. The average Bonchev–Trinajstić information content (AvgIpc) is 1.83. The van der Waals surface area contributed by atoms with Gasteiger partial charge in [0, 0.05) is 0 Å². The van der Waals surface area contributed by atoms with Gasteiger partial charge in [0.2, 0.25) is 0 Å². The molecule has 0 aliphatic carbocycles. The molecule has 1 radical (unpaired) electrons. The van der Waals surface area contributed by atoms with Gasteiger partial charge in [-0.25, -0.2) is 0 Å². The van der Waals surface area contributed by atoms with Crippen LogP contribution in [0.4, 0.5) is 26.3 Å². The van der Waals surface area contributed by atoms with Crippen molar-refractivity contribution >= 4 is 11.8 Å². The van der Waals surface area contributed by atoms with Gasteiger partial charge in [-0.15, -0.1) is 0 Å². The van der Waals surface area contributed by atoms with E-state index in [4.69, 9.17) is 21.0 Å². The molecule has 4 nitrogen and oxygen atoms in total. The number of halogens is 6. The zero-order valence-corrected chi connectivity index (χ0v) is 8.06. The molecular formula is C4H2F6N2O2Rh. The van der Waals surface area contributed by atoms with Crippen molar-refractivity contribution in [1.29, 1.82) is 10.8 Å². The molecule has 0 spiro atoms. The maximum absolute atomic E-state index is 10.6. The minimum Gasteiger partial charge on any atom is -0.856 e. The van der Waals surface area contributed by atoms with Gasteiger partial charge in [-0.2, -0.15) is 26.3 Å². The van der Waals surface area contributed by atoms with Crippen LogP contribution < -0.4 is 10.2 Å². The molecule has 0 aromatic rings. The zero-order valence-electron chi connectivity index (χ0n) is 6.42. The van der Waals surface area contributed by atoms with E-state index in [0.717, 1.165) is 0 Å². The number of rotatable bonds is 0. The fraction of sp³-hybridized carbons (Fsp3) is 0.500. The van der Waals surface area contributed by atoms with Crippen molar-refractivity contribution in [3.63, 3.8) is 0 Å². The molecule has 0 aromatic heterocycles. The average molecular weight is 327 g/mol. The summed E-state index contributed by atoms with van der Waals surface area (Å²) in [6, 6.07) is 0. The molecule has 0 amide bonds. The van der Waals surface area contributed by atoms with E-state index in [2.05, 4.69) is 0 Å². The van der Waals surface area contributed by atoms with Crippen molar-refractivity contribution < 1.29 is 56.0 Å². The molecule has 0 aromatic carbocycles. The van der Waals surface area contributed by atoms with Gasteiger partial charge in [0.25, 0.3) is 0 Å². The molecule has 0 heterocycles. The summed E-state index contributed by atoms with van der Waals surface area (Å²) in [5.41, 5.74) is 0. The van der Waals surface area contributed by atoms with Crippen LogP contribution in [-0.4, -0.2) is 24.1 Å². The molecule has 0 saturated carbocycles. The Morgan fingerprint density at radius 2 is 0.800 bits per heavy atom. The first-order valence-electron chi connectivity index (χ1n) is 2.54. The molecular weight excluding hydrogens is 325 g/mol. The molecule has 0 rings (SSSR count). The van der Waals surface area contributed by atoms with Crippen molar-refractivity contribution in [2.45, 2.75) is 12.4 Å². The number of alkyl halides is 6. The van der Waals surface area contributed by atoms with Crippen molar-refractivity contribution in [3.8, 4) is 0 Å². The van der Waals surface area contributed by atoms with Gasteiger partial charge in [-0.3, -0.25) is 0 Å². The summed E-state index contributed by atoms with van der Waals surface area (Å²) in [7, 11) is 0. The Kier molecular flexibility index (Phi) is 8.65. The van der Waals surface area contributed by atoms with E-state index in [1.807, 2.05) is 0 Å². The first-order chi connectivity index (χ1) is 5.89. The predicted octanol–water partition coefficient (Wildman–Crippen LogP) is -0.230. The molecule has 0 aliphatic heterocycles. The molecule has 15 heavy (non-hydrogen) atoms. The third kappa shape index (κ3) is 13.1. The Hall–Kier alpha value is -0.857. The van der Waals surface area contributed by atoms with E-state index in [1.165, 1.54) is 0 Å². The molecule has 0 saturated heterocycles. The van der Waals surface area contributed by atoms with E-state index in [0.29, 0.717) is 0 Å². The van der Waals surface area contributed by atoms with Crippen LogP contribution in [0.5, 0.6) is 0 Å². The second-order valence-electron chi connectivity index (χ2n) is 1.65. The topological polar surface area (TPSA) is 93.8 Å². The van der Waals surface area contributed by atoms with E-state index >= 15 is 0 Å². The second-order valence-corrected chi connectivity index (χ2v) is 1.65. The third-order valence-electron chi connectivity index (χ3n) is 0.515. The van der Waals surface area contributed by atoms with Crippen molar-refractivity contribution in [3.05, 3.63) is 0 Å². The van der Waals surface area contributed by atoms with Gasteiger partial charge in [-0.05, 0) is 0 Å². The summed E-state index contributed by atoms with van der Waals surface area (Å²) in [5, 5.41) is 28.9. The molecule has 0 unspecified atom stereocenters. The van der Waals surface area contributed by atoms with Crippen LogP contribution in [-0.2, 0) is 19.5 Å². The van der Waals surface area contributed by atoms with Crippen LogP contribution in [0.3, 0.4) is 0 Å². The van der Waals surface area contributed by atoms with Crippen LogP contribution in [0, 0.1) is 10.8 Å². The minimum absolute atomic E-state index is 0. The fourth-order valence-electron chi connectivity index (χ4n) is 0. The Morgan fingerprint density at radius 3 is 0.800 bits per heavy atom. The molecule has 0 fully saturated rings. The van der Waals surface area contributed by atoms with Crippen LogP contribution in [0.1, 0.15) is 0 Å². The van der Waals surface area contributed by atoms with E-state index in [1.54, 1.807) is 0 Å². The smallest absolute Gasteiger partial charge is 0.856 e. The van der Waals surface area contributed by atoms with Crippen LogP contribution >= 0.6 is 0 Å². The summed E-state index contributed by atoms with van der Waals surface area (Å²) in [5.74, 6) is -5.01. The first-order valence-corrected chi connectivity index (χ1v) is 2.54. The summed E-state index contributed by atoms with van der Waals surface area (Å²) < 4.78 is 63.8. The van der Waals surface area contributed by atoms with Gasteiger partial charge < -0.3 is 21.0 Å². The first kappa shape index (κ1) is 19.7. The fourth-order valence-corrected chi connectivity index (χ4v) is 0. The second kappa shape index (κ2) is 6.59. The van der Waals surface area contributed by atoms with Crippen LogP contribution in [0.25, 0.3) is 0 Å². The van der Waals surface area contributed by atoms with E-state index in [-0.39, 0.29) is 19.5 Å². The molecule has 91 valence electrons. The van der Waals surface area contributed by atoms with Gasteiger partial charge in [0.1, 0.15) is 0 Å². The Bertz CT molecular complexity index is 200. The summed E-state index contributed by atoms with van der Waals surface area (Å²) in [4.78, 5) is 0. The number of hydrogen-bond donors (Lipinski definition) is 2. The molecule has 11 heteroatoms. The molecule has 2 N–H and O–H groups in total. The molecule has 0 atom stereocenters. The van der Waals surface area contributed by atoms with Gasteiger partial charge in [-0.1, -0.05) is 0 Å². The van der Waals surface area contributed by atoms with E-state index in [9.17, 15) is 26.3 Å². The standard InChI is InChI=1S/2C2H2F3NO.Rh/c2*3-2(4,5)1(6)7;/h2*(H2,6,7);/q;;+2/p-2. The minimum atomic E-state index is -4.97. The molecule has 0 aliphatic rings. The van der Waals surface area contributed by atoms with Crippen molar-refractivity contribution in [2.24, 2.45) is 0 Å². The number of hydrogen-bond acceptors (Lipinski definition) is 4. The molecule has 0 bridgehead atoms. The largest absolute Gasteiger partial charge is 2.00 e. The van der Waals surface area contributed by atoms with Crippen LogP contribution in [0.2, 0.25) is 0 Å². The Balaban J connectivity index is -0.000000180. The summed E-state index contributed by atoms with van der Waals surface area (Å²) in [6.45, 7) is 0. The van der Waals surface area contributed by atoms with Crippen molar-refractivity contribution in [2.75, 3.05) is 0 Å². The van der Waals surface area contributed by atoms with E-state index < -0.39 is 24.1 Å². The van der Waals surface area contributed by atoms with Gasteiger partial charge in [0.15, 0.2) is 0 Å². The third-order valence-corrected chi connectivity index (χ3v) is 0.515. The van der Waals surface area contributed by atoms with Crippen LogP contribution in [0.15, 0.2) is 0 Å². The predicted molar refractivity (Wildman–Crippen MR) is 27.6 cm³/mol. The monoisotopic (exact) mass is 327 g/mol. The maximum atomic E-state index is 10.6. The maximum Gasteiger partial charge on any atom is 2.00 e. The Labute approximate surface area is 91.7 Å². The van der Waals surface area contributed by atoms with Crippen molar-refractivity contribution in [1.82, 2.24) is 0 Å². The quantitative estimate of drug-likeness (QED) is 0.278. The zero-order chi connectivity index (χ0) is 12.2. The normalized spacial score (nSPS) is 10.5.